The number of halogens is 1. The number of rotatable bonds is 7. The minimum Gasteiger partial charge on any atom is -0.497 e. The summed E-state index contributed by atoms with van der Waals surface area (Å²) in [6, 6.07) is 15.4. The van der Waals surface area contributed by atoms with E-state index in [4.69, 9.17) is 4.74 Å². The van der Waals surface area contributed by atoms with E-state index >= 15 is 0 Å². The van der Waals surface area contributed by atoms with E-state index in [2.05, 4.69) is 15.3 Å². The van der Waals surface area contributed by atoms with Crippen LogP contribution in [0, 0.1) is 5.82 Å². The molecule has 148 valence electrons. The fraction of sp³-hybridized carbons (Fsp3) is 0.143. The molecule has 2 aromatic carbocycles. The van der Waals surface area contributed by atoms with Crippen molar-refractivity contribution in [3.05, 3.63) is 76.2 Å². The summed E-state index contributed by atoms with van der Waals surface area (Å²) in [5, 5.41) is 5.66. The normalized spacial score (nSPS) is 12.1. The molecule has 2 N–H and O–H groups in total. The van der Waals surface area contributed by atoms with Gasteiger partial charge in [-0.25, -0.2) is 9.37 Å². The number of benzene rings is 2. The maximum atomic E-state index is 13.3. The van der Waals surface area contributed by atoms with Crippen LogP contribution in [0.1, 0.15) is 16.5 Å². The number of carbonyl (C=O) groups is 1. The third-order valence-electron chi connectivity index (χ3n) is 4.34. The van der Waals surface area contributed by atoms with E-state index in [-0.39, 0.29) is 23.5 Å². The Hall–Kier alpha value is -2.84. The maximum Gasteiger partial charge on any atom is 0.231 e. The molecule has 0 aliphatic rings. The summed E-state index contributed by atoms with van der Waals surface area (Å²) < 4.78 is 18.5. The first-order valence-corrected chi connectivity index (χ1v) is 10.7. The zero-order valence-electron chi connectivity index (χ0n) is 15.5. The van der Waals surface area contributed by atoms with Crippen LogP contribution >= 0.6 is 23.1 Å². The summed E-state index contributed by atoms with van der Waals surface area (Å²) in [5.41, 5.74) is 2.51. The van der Waals surface area contributed by atoms with Gasteiger partial charge >= 0.3 is 0 Å². The molecule has 0 bridgehead atoms. The molecule has 1 amide bonds. The molecular weight excluding hydrogens is 409 g/mol. The molecule has 0 aliphatic heterocycles. The minimum absolute atomic E-state index is 0.129. The maximum absolute atomic E-state index is 13.3. The fourth-order valence-corrected chi connectivity index (χ4v) is 4.43. The number of H-pyrrole nitrogens is 1. The molecule has 2 aromatic heterocycles. The second-order valence-corrected chi connectivity index (χ2v) is 8.22. The molecule has 8 heteroatoms. The third-order valence-corrected chi connectivity index (χ3v) is 6.15. The average molecular weight is 428 g/mol. The first-order chi connectivity index (χ1) is 14.1. The summed E-state index contributed by atoms with van der Waals surface area (Å²) in [6.07, 6.45) is 0. The molecule has 1 atom stereocenters. The molecule has 4 rings (SSSR count). The number of methoxy groups -OCH3 is 1. The quantitative estimate of drug-likeness (QED) is 0.417. The van der Waals surface area contributed by atoms with Crippen molar-refractivity contribution >= 4 is 40.0 Å². The Morgan fingerprint density at radius 1 is 1.28 bits per heavy atom. The number of ether oxygens (including phenoxy) is 1. The van der Waals surface area contributed by atoms with E-state index in [1.807, 2.05) is 35.7 Å². The van der Waals surface area contributed by atoms with Gasteiger partial charge in [-0.1, -0.05) is 30.0 Å². The lowest BCUT2D eigenvalue weighted by Gasteiger charge is -2.18. The highest BCUT2D eigenvalue weighted by atomic mass is 32.2. The van der Waals surface area contributed by atoms with Gasteiger partial charge in [0.2, 0.25) is 5.91 Å². The van der Waals surface area contributed by atoms with Crippen LogP contribution in [0.2, 0.25) is 0 Å². The first-order valence-electron chi connectivity index (χ1n) is 8.87. The van der Waals surface area contributed by atoms with E-state index in [1.165, 1.54) is 23.9 Å². The number of fused-ring (bicyclic) bond motifs is 1. The van der Waals surface area contributed by atoms with Crippen LogP contribution in [0.3, 0.4) is 0 Å². The van der Waals surface area contributed by atoms with E-state index in [0.29, 0.717) is 5.16 Å². The van der Waals surface area contributed by atoms with Crippen LogP contribution in [0.25, 0.3) is 11.0 Å². The van der Waals surface area contributed by atoms with Gasteiger partial charge in [0, 0.05) is 10.9 Å². The van der Waals surface area contributed by atoms with Crippen LogP contribution in [0.15, 0.2) is 65.1 Å². The topological polar surface area (TPSA) is 67.0 Å². The van der Waals surface area contributed by atoms with Gasteiger partial charge in [-0.15, -0.1) is 11.3 Å². The molecular formula is C21H18FN3O2S2. The van der Waals surface area contributed by atoms with Gasteiger partial charge in [0.1, 0.15) is 11.6 Å². The number of aromatic amines is 1. The molecule has 29 heavy (non-hydrogen) atoms. The Kier molecular flexibility index (Phi) is 5.82. The summed E-state index contributed by atoms with van der Waals surface area (Å²) in [7, 11) is 1.61. The van der Waals surface area contributed by atoms with E-state index in [1.54, 1.807) is 30.6 Å². The van der Waals surface area contributed by atoms with Gasteiger partial charge in [0.05, 0.1) is 29.9 Å². The van der Waals surface area contributed by atoms with Crippen molar-refractivity contribution in [2.75, 3.05) is 12.9 Å². The van der Waals surface area contributed by atoms with Crippen molar-refractivity contribution < 1.29 is 13.9 Å². The molecule has 0 radical (unpaired) electrons. The van der Waals surface area contributed by atoms with Crippen molar-refractivity contribution in [2.45, 2.75) is 11.2 Å². The van der Waals surface area contributed by atoms with Crippen molar-refractivity contribution in [1.29, 1.82) is 0 Å². The summed E-state index contributed by atoms with van der Waals surface area (Å²) in [4.78, 5) is 21.3. The smallest absolute Gasteiger partial charge is 0.231 e. The predicted octanol–water partition coefficient (Wildman–Crippen LogP) is 4.77. The molecule has 2 heterocycles. The third kappa shape index (κ3) is 4.60. The van der Waals surface area contributed by atoms with E-state index in [9.17, 15) is 9.18 Å². The standard InChI is InChI=1S/C21H18FN3O2S2/c1-27-15-8-9-16-17(11-15)24-21(23-16)29-12-19(26)25-20(18-3-2-10-28-18)13-4-6-14(22)7-5-13/h2-11,20H,12H2,1H3,(H,23,24)(H,25,26). The monoisotopic (exact) mass is 427 g/mol. The van der Waals surface area contributed by atoms with Crippen molar-refractivity contribution in [1.82, 2.24) is 15.3 Å². The van der Waals surface area contributed by atoms with E-state index in [0.717, 1.165) is 27.2 Å². The number of imidazole rings is 1. The van der Waals surface area contributed by atoms with Crippen molar-refractivity contribution in [3.8, 4) is 5.75 Å². The van der Waals surface area contributed by atoms with Gasteiger partial charge in [-0.2, -0.15) is 0 Å². The molecule has 4 aromatic rings. The summed E-state index contributed by atoms with van der Waals surface area (Å²) in [5.74, 6) is 0.520. The Morgan fingerprint density at radius 3 is 2.83 bits per heavy atom. The van der Waals surface area contributed by atoms with Crippen molar-refractivity contribution in [3.63, 3.8) is 0 Å². The number of nitrogens with zero attached hydrogens (tertiary/aromatic N) is 1. The van der Waals surface area contributed by atoms with Gasteiger partial charge < -0.3 is 15.0 Å². The molecule has 0 saturated carbocycles. The van der Waals surface area contributed by atoms with Crippen LogP contribution < -0.4 is 10.1 Å². The number of hydrogen-bond donors (Lipinski definition) is 2. The lowest BCUT2D eigenvalue weighted by molar-refractivity contribution is -0.119. The van der Waals surface area contributed by atoms with E-state index < -0.39 is 0 Å². The zero-order valence-corrected chi connectivity index (χ0v) is 17.1. The minimum atomic E-state index is -0.316. The highest BCUT2D eigenvalue weighted by Gasteiger charge is 2.18. The Morgan fingerprint density at radius 2 is 2.10 bits per heavy atom. The largest absolute Gasteiger partial charge is 0.497 e. The van der Waals surface area contributed by atoms with Crippen molar-refractivity contribution in [2.24, 2.45) is 0 Å². The number of nitrogens with one attached hydrogen (secondary N) is 2. The summed E-state index contributed by atoms with van der Waals surface area (Å²) in [6.45, 7) is 0. The fourth-order valence-electron chi connectivity index (χ4n) is 2.93. The zero-order chi connectivity index (χ0) is 20.2. The predicted molar refractivity (Wildman–Crippen MR) is 114 cm³/mol. The Bertz CT molecular complexity index is 1110. The molecule has 0 spiro atoms. The van der Waals surface area contributed by atoms with Crippen LogP contribution in [-0.4, -0.2) is 28.7 Å². The molecule has 1 unspecified atom stereocenters. The average Bonchev–Trinajstić information content (AvgIpc) is 3.40. The number of carbonyl (C=O) groups excluding carboxylic acids is 1. The van der Waals surface area contributed by atoms with Gasteiger partial charge in [0.15, 0.2) is 5.16 Å². The number of amides is 1. The molecule has 0 aliphatic carbocycles. The highest BCUT2D eigenvalue weighted by molar-refractivity contribution is 7.99. The second kappa shape index (κ2) is 8.67. The highest BCUT2D eigenvalue weighted by Crippen LogP contribution is 2.27. The Labute approximate surface area is 175 Å². The van der Waals surface area contributed by atoms with Crippen LogP contribution in [-0.2, 0) is 4.79 Å². The molecule has 0 fully saturated rings. The van der Waals surface area contributed by atoms with Crippen LogP contribution in [0.5, 0.6) is 5.75 Å². The number of aromatic nitrogens is 2. The summed E-state index contributed by atoms with van der Waals surface area (Å²) >= 11 is 2.88. The first kappa shape index (κ1) is 19.5. The second-order valence-electron chi connectivity index (χ2n) is 6.28. The number of thiophene rings is 1. The van der Waals surface area contributed by atoms with Crippen LogP contribution in [0.4, 0.5) is 4.39 Å². The van der Waals surface area contributed by atoms with Gasteiger partial charge in [-0.05, 0) is 41.3 Å². The van der Waals surface area contributed by atoms with Gasteiger partial charge in [0.25, 0.3) is 0 Å². The lowest BCUT2D eigenvalue weighted by Crippen LogP contribution is -2.30. The SMILES string of the molecule is COc1ccc2nc(SCC(=O)NC(c3ccc(F)cc3)c3cccs3)[nH]c2c1. The lowest BCUT2D eigenvalue weighted by atomic mass is 10.1. The number of hydrogen-bond acceptors (Lipinski definition) is 5. The molecule has 5 nitrogen and oxygen atoms in total. The Balaban J connectivity index is 1.45. The molecule has 0 saturated heterocycles. The number of thioether (sulfide) groups is 1. The van der Waals surface area contributed by atoms with Gasteiger partial charge in [-0.3, -0.25) is 4.79 Å².